The Morgan fingerprint density at radius 1 is 1.05 bits per heavy atom. The first-order valence-corrected chi connectivity index (χ1v) is 7.87. The Balaban J connectivity index is 1.77. The van der Waals surface area contributed by atoms with Crippen LogP contribution >= 0.6 is 0 Å². The van der Waals surface area contributed by atoms with Crippen LogP contribution in [0, 0.1) is 5.92 Å². The molecule has 19 heavy (non-hydrogen) atoms. The van der Waals surface area contributed by atoms with E-state index in [0.29, 0.717) is 6.04 Å². The van der Waals surface area contributed by atoms with E-state index in [0.717, 1.165) is 17.6 Å². The van der Waals surface area contributed by atoms with Crippen molar-refractivity contribution < 1.29 is 0 Å². The number of anilines is 1. The molecule has 0 aromatic heterocycles. The third-order valence-corrected chi connectivity index (χ3v) is 5.20. The molecule has 3 rings (SSSR count). The highest BCUT2D eigenvalue weighted by Gasteiger charge is 2.35. The van der Waals surface area contributed by atoms with E-state index in [2.05, 4.69) is 24.0 Å². The molecular weight excluding hydrogens is 232 g/mol. The minimum absolute atomic E-state index is 0.534. The summed E-state index contributed by atoms with van der Waals surface area (Å²) in [7, 11) is 0. The number of likely N-dealkylation sites (tertiary alicyclic amines) is 1. The summed E-state index contributed by atoms with van der Waals surface area (Å²) in [6.45, 7) is 3.63. The van der Waals surface area contributed by atoms with Gasteiger partial charge in [-0.25, -0.2) is 0 Å². The molecule has 0 amide bonds. The number of fused-ring (bicyclic) bond motifs is 1. The highest BCUT2D eigenvalue weighted by Crippen LogP contribution is 2.39. The van der Waals surface area contributed by atoms with Crippen LogP contribution in [0.2, 0.25) is 0 Å². The molecular formula is C17H26N2. The predicted octanol–water partition coefficient (Wildman–Crippen LogP) is 3.98. The molecule has 104 valence electrons. The summed E-state index contributed by atoms with van der Waals surface area (Å²) < 4.78 is 0. The third kappa shape index (κ3) is 2.64. The van der Waals surface area contributed by atoms with Crippen molar-refractivity contribution in [1.82, 2.24) is 4.90 Å². The Kier molecular flexibility index (Phi) is 3.79. The summed E-state index contributed by atoms with van der Waals surface area (Å²) in [6, 6.07) is 9.84. The standard InChI is InChI=1S/C17H26N2/c1-13(14-8-10-16(18)11-9-14)19-12-4-6-15-5-2-3-7-17(15)19/h8-11,13,15,17H,2-7,12,18H2,1H3/t13?,15-,17-/m1/s1. The normalized spacial score (nSPS) is 29.7. The monoisotopic (exact) mass is 258 g/mol. The van der Waals surface area contributed by atoms with Gasteiger partial charge in [-0.2, -0.15) is 0 Å². The second kappa shape index (κ2) is 5.54. The van der Waals surface area contributed by atoms with Crippen molar-refractivity contribution in [3.63, 3.8) is 0 Å². The fourth-order valence-corrected chi connectivity index (χ4v) is 4.11. The number of nitrogens with zero attached hydrogens (tertiary/aromatic N) is 1. The van der Waals surface area contributed by atoms with Crippen molar-refractivity contribution in [1.29, 1.82) is 0 Å². The fraction of sp³-hybridized carbons (Fsp3) is 0.647. The van der Waals surface area contributed by atoms with Gasteiger partial charge in [-0.3, -0.25) is 4.90 Å². The first kappa shape index (κ1) is 13.0. The predicted molar refractivity (Wildman–Crippen MR) is 81.0 cm³/mol. The molecule has 1 saturated heterocycles. The van der Waals surface area contributed by atoms with Gasteiger partial charge in [0.15, 0.2) is 0 Å². The van der Waals surface area contributed by atoms with Crippen LogP contribution in [-0.4, -0.2) is 17.5 Å². The lowest BCUT2D eigenvalue weighted by Crippen LogP contribution is -2.47. The van der Waals surface area contributed by atoms with Crippen LogP contribution < -0.4 is 5.73 Å². The highest BCUT2D eigenvalue weighted by molar-refractivity contribution is 5.40. The van der Waals surface area contributed by atoms with Gasteiger partial charge in [-0.05, 0) is 62.8 Å². The minimum atomic E-state index is 0.534. The van der Waals surface area contributed by atoms with E-state index in [-0.39, 0.29) is 0 Å². The molecule has 2 aliphatic rings. The maximum atomic E-state index is 5.80. The first-order chi connectivity index (χ1) is 9.25. The van der Waals surface area contributed by atoms with E-state index >= 15 is 0 Å². The van der Waals surface area contributed by atoms with Crippen LogP contribution in [0.5, 0.6) is 0 Å². The molecule has 1 saturated carbocycles. The van der Waals surface area contributed by atoms with E-state index in [9.17, 15) is 0 Å². The molecule has 0 spiro atoms. The summed E-state index contributed by atoms with van der Waals surface area (Å²) in [4.78, 5) is 2.76. The van der Waals surface area contributed by atoms with Crippen molar-refractivity contribution in [2.24, 2.45) is 5.92 Å². The van der Waals surface area contributed by atoms with Crippen molar-refractivity contribution in [3.05, 3.63) is 29.8 Å². The Labute approximate surface area is 117 Å². The van der Waals surface area contributed by atoms with Crippen molar-refractivity contribution in [2.75, 3.05) is 12.3 Å². The van der Waals surface area contributed by atoms with Gasteiger partial charge in [0.25, 0.3) is 0 Å². The summed E-state index contributed by atoms with van der Waals surface area (Å²) in [5.41, 5.74) is 8.08. The van der Waals surface area contributed by atoms with Crippen molar-refractivity contribution in [3.8, 4) is 0 Å². The maximum absolute atomic E-state index is 5.80. The Bertz CT molecular complexity index is 410. The van der Waals surface area contributed by atoms with Gasteiger partial charge in [0, 0.05) is 17.8 Å². The molecule has 1 aliphatic carbocycles. The number of nitrogen functional groups attached to an aromatic ring is 1. The topological polar surface area (TPSA) is 29.3 Å². The lowest BCUT2D eigenvalue weighted by Gasteiger charge is -2.47. The fourth-order valence-electron chi connectivity index (χ4n) is 4.11. The molecule has 1 aromatic carbocycles. The van der Waals surface area contributed by atoms with Crippen LogP contribution in [-0.2, 0) is 0 Å². The van der Waals surface area contributed by atoms with E-state index < -0.39 is 0 Å². The molecule has 1 heterocycles. The lowest BCUT2D eigenvalue weighted by atomic mass is 9.77. The second-order valence-electron chi connectivity index (χ2n) is 6.33. The average Bonchev–Trinajstić information content (AvgIpc) is 2.47. The van der Waals surface area contributed by atoms with Crippen LogP contribution in [0.15, 0.2) is 24.3 Å². The van der Waals surface area contributed by atoms with E-state index in [1.165, 1.54) is 50.6 Å². The van der Waals surface area contributed by atoms with Gasteiger partial charge in [0.1, 0.15) is 0 Å². The van der Waals surface area contributed by atoms with Gasteiger partial charge in [-0.1, -0.05) is 25.0 Å². The number of nitrogens with two attached hydrogens (primary N) is 1. The summed E-state index contributed by atoms with van der Waals surface area (Å²) >= 11 is 0. The number of rotatable bonds is 2. The van der Waals surface area contributed by atoms with E-state index in [4.69, 9.17) is 5.73 Å². The molecule has 1 unspecified atom stereocenters. The van der Waals surface area contributed by atoms with Gasteiger partial charge in [-0.15, -0.1) is 0 Å². The van der Waals surface area contributed by atoms with Gasteiger partial charge in [0.05, 0.1) is 0 Å². The molecule has 2 nitrogen and oxygen atoms in total. The van der Waals surface area contributed by atoms with Gasteiger partial charge in [0.2, 0.25) is 0 Å². The van der Waals surface area contributed by atoms with Crippen LogP contribution in [0.1, 0.15) is 57.1 Å². The Hall–Kier alpha value is -1.02. The summed E-state index contributed by atoms with van der Waals surface area (Å²) in [6.07, 6.45) is 8.56. The molecule has 0 bridgehead atoms. The average molecular weight is 258 g/mol. The molecule has 2 fully saturated rings. The molecule has 1 aromatic rings. The van der Waals surface area contributed by atoms with Crippen LogP contribution in [0.4, 0.5) is 5.69 Å². The number of hydrogen-bond donors (Lipinski definition) is 1. The zero-order valence-corrected chi connectivity index (χ0v) is 12.0. The number of benzene rings is 1. The van der Waals surface area contributed by atoms with Crippen molar-refractivity contribution in [2.45, 2.75) is 57.5 Å². The third-order valence-electron chi connectivity index (χ3n) is 5.20. The summed E-state index contributed by atoms with van der Waals surface area (Å²) in [5, 5.41) is 0. The first-order valence-electron chi connectivity index (χ1n) is 7.87. The Morgan fingerprint density at radius 3 is 2.53 bits per heavy atom. The maximum Gasteiger partial charge on any atom is 0.0322 e. The van der Waals surface area contributed by atoms with E-state index in [1.54, 1.807) is 0 Å². The summed E-state index contributed by atoms with van der Waals surface area (Å²) in [5.74, 6) is 0.957. The highest BCUT2D eigenvalue weighted by atomic mass is 15.2. The zero-order valence-electron chi connectivity index (χ0n) is 12.0. The minimum Gasteiger partial charge on any atom is -0.399 e. The van der Waals surface area contributed by atoms with Crippen LogP contribution in [0.25, 0.3) is 0 Å². The number of piperidine rings is 1. The van der Waals surface area contributed by atoms with Crippen LogP contribution in [0.3, 0.4) is 0 Å². The molecule has 2 heteroatoms. The Morgan fingerprint density at radius 2 is 1.74 bits per heavy atom. The van der Waals surface area contributed by atoms with Gasteiger partial charge < -0.3 is 5.73 Å². The molecule has 0 radical (unpaired) electrons. The smallest absolute Gasteiger partial charge is 0.0322 e. The number of hydrogen-bond acceptors (Lipinski definition) is 2. The second-order valence-corrected chi connectivity index (χ2v) is 6.33. The molecule has 3 atom stereocenters. The van der Waals surface area contributed by atoms with Gasteiger partial charge >= 0.3 is 0 Å². The molecule has 2 N–H and O–H groups in total. The quantitative estimate of drug-likeness (QED) is 0.813. The zero-order chi connectivity index (χ0) is 13.2. The largest absolute Gasteiger partial charge is 0.399 e. The SMILES string of the molecule is CC(c1ccc(N)cc1)N1CCC[C@H]2CCCC[C@H]21. The van der Waals surface area contributed by atoms with E-state index in [1.807, 2.05) is 12.1 Å². The lowest BCUT2D eigenvalue weighted by molar-refractivity contribution is 0.0308. The molecule has 1 aliphatic heterocycles. The van der Waals surface area contributed by atoms with Crippen molar-refractivity contribution >= 4 is 5.69 Å².